The molecular formula is C17H33N3O. The molecule has 0 aromatic rings. The smallest absolute Gasteiger partial charge is 0.109 e. The maximum atomic E-state index is 9.68. The molecule has 1 aliphatic rings. The third kappa shape index (κ3) is 5.25. The SMILES string of the molecule is CCCNC1(C#N)CCCC1CCN(CCOC)C(C)C. The minimum absolute atomic E-state index is 0.278. The van der Waals surface area contributed by atoms with E-state index in [1.54, 1.807) is 7.11 Å². The molecule has 0 aromatic heterocycles. The van der Waals surface area contributed by atoms with Crippen LogP contribution in [0.5, 0.6) is 0 Å². The van der Waals surface area contributed by atoms with Crippen LogP contribution in [0.4, 0.5) is 0 Å². The van der Waals surface area contributed by atoms with Gasteiger partial charge in [0.25, 0.3) is 0 Å². The van der Waals surface area contributed by atoms with Crippen LogP contribution in [0.2, 0.25) is 0 Å². The van der Waals surface area contributed by atoms with E-state index in [9.17, 15) is 5.26 Å². The molecule has 0 bridgehead atoms. The topological polar surface area (TPSA) is 48.3 Å². The first-order valence-electron chi connectivity index (χ1n) is 8.49. The fourth-order valence-corrected chi connectivity index (χ4v) is 3.39. The molecule has 2 unspecified atom stereocenters. The molecule has 1 aliphatic carbocycles. The summed E-state index contributed by atoms with van der Waals surface area (Å²) >= 11 is 0. The first-order valence-corrected chi connectivity index (χ1v) is 8.49. The predicted octanol–water partition coefficient (Wildman–Crippen LogP) is 2.80. The van der Waals surface area contributed by atoms with E-state index in [2.05, 4.69) is 37.1 Å². The van der Waals surface area contributed by atoms with Crippen molar-refractivity contribution in [3.63, 3.8) is 0 Å². The van der Waals surface area contributed by atoms with Gasteiger partial charge < -0.3 is 4.74 Å². The van der Waals surface area contributed by atoms with Crippen molar-refractivity contribution in [1.29, 1.82) is 5.26 Å². The van der Waals surface area contributed by atoms with Crippen molar-refractivity contribution in [2.45, 2.75) is 64.5 Å². The Morgan fingerprint density at radius 3 is 2.76 bits per heavy atom. The first kappa shape index (κ1) is 18.4. The van der Waals surface area contributed by atoms with Crippen molar-refractivity contribution in [3.8, 4) is 6.07 Å². The highest BCUT2D eigenvalue weighted by atomic mass is 16.5. The van der Waals surface area contributed by atoms with E-state index >= 15 is 0 Å². The summed E-state index contributed by atoms with van der Waals surface area (Å²) in [4.78, 5) is 2.46. The standard InChI is InChI=1S/C17H33N3O/c1-5-10-19-17(14-18)9-6-7-16(17)8-11-20(15(2)3)12-13-21-4/h15-16,19H,5-13H2,1-4H3. The van der Waals surface area contributed by atoms with Crippen LogP contribution in [-0.2, 0) is 4.74 Å². The highest BCUT2D eigenvalue weighted by Gasteiger charge is 2.42. The van der Waals surface area contributed by atoms with Crippen LogP contribution >= 0.6 is 0 Å². The summed E-state index contributed by atoms with van der Waals surface area (Å²) < 4.78 is 5.20. The van der Waals surface area contributed by atoms with Crippen molar-refractivity contribution in [1.82, 2.24) is 10.2 Å². The molecule has 21 heavy (non-hydrogen) atoms. The average molecular weight is 295 g/mol. The molecule has 0 radical (unpaired) electrons. The van der Waals surface area contributed by atoms with Gasteiger partial charge in [0.2, 0.25) is 0 Å². The van der Waals surface area contributed by atoms with Gasteiger partial charge in [0.1, 0.15) is 5.54 Å². The summed E-state index contributed by atoms with van der Waals surface area (Å²) in [6.45, 7) is 10.4. The zero-order chi connectivity index (χ0) is 15.7. The van der Waals surface area contributed by atoms with Gasteiger partial charge in [-0.15, -0.1) is 0 Å². The molecular weight excluding hydrogens is 262 g/mol. The molecule has 0 aromatic carbocycles. The van der Waals surface area contributed by atoms with Crippen molar-refractivity contribution < 1.29 is 4.74 Å². The van der Waals surface area contributed by atoms with Crippen LogP contribution < -0.4 is 5.32 Å². The molecule has 122 valence electrons. The average Bonchev–Trinajstić information content (AvgIpc) is 2.88. The van der Waals surface area contributed by atoms with Crippen LogP contribution in [0.3, 0.4) is 0 Å². The molecule has 1 fully saturated rings. The Morgan fingerprint density at radius 2 is 2.19 bits per heavy atom. The fourth-order valence-electron chi connectivity index (χ4n) is 3.39. The number of methoxy groups -OCH3 is 1. The number of nitrogens with zero attached hydrogens (tertiary/aromatic N) is 2. The van der Waals surface area contributed by atoms with Crippen molar-refractivity contribution in [2.24, 2.45) is 5.92 Å². The van der Waals surface area contributed by atoms with E-state index < -0.39 is 0 Å². The molecule has 2 atom stereocenters. The van der Waals surface area contributed by atoms with Crippen molar-refractivity contribution in [2.75, 3.05) is 33.4 Å². The Bertz CT molecular complexity index is 326. The van der Waals surface area contributed by atoms with E-state index in [0.717, 1.165) is 45.5 Å². The van der Waals surface area contributed by atoms with E-state index in [1.807, 2.05) is 0 Å². The second kappa shape index (κ2) is 9.40. The van der Waals surface area contributed by atoms with Gasteiger partial charge in [0.15, 0.2) is 0 Å². The number of nitriles is 1. The molecule has 0 heterocycles. The normalized spacial score (nSPS) is 25.7. The van der Waals surface area contributed by atoms with Gasteiger partial charge in [-0.05, 0) is 58.5 Å². The number of rotatable bonds is 10. The summed E-state index contributed by atoms with van der Waals surface area (Å²) in [7, 11) is 1.75. The van der Waals surface area contributed by atoms with Gasteiger partial charge in [-0.3, -0.25) is 10.2 Å². The first-order chi connectivity index (χ1) is 10.1. The Labute approximate surface area is 130 Å². The Kier molecular flexibility index (Phi) is 8.24. The quantitative estimate of drug-likeness (QED) is 0.673. The highest BCUT2D eigenvalue weighted by molar-refractivity contribution is 5.14. The van der Waals surface area contributed by atoms with Gasteiger partial charge in [-0.25, -0.2) is 0 Å². The number of nitrogens with one attached hydrogen (secondary N) is 1. The largest absolute Gasteiger partial charge is 0.383 e. The summed E-state index contributed by atoms with van der Waals surface area (Å²) in [5, 5.41) is 13.2. The molecule has 0 saturated heterocycles. The Hall–Kier alpha value is -0.630. The minimum Gasteiger partial charge on any atom is -0.383 e. The van der Waals surface area contributed by atoms with Gasteiger partial charge in [-0.2, -0.15) is 5.26 Å². The second-order valence-corrected chi connectivity index (χ2v) is 6.51. The van der Waals surface area contributed by atoms with E-state index in [-0.39, 0.29) is 5.54 Å². The molecule has 0 spiro atoms. The van der Waals surface area contributed by atoms with Gasteiger partial charge in [-0.1, -0.05) is 13.3 Å². The maximum absolute atomic E-state index is 9.68. The summed E-state index contributed by atoms with van der Waals surface area (Å²) in [5.41, 5.74) is -0.278. The molecule has 1 rings (SSSR count). The minimum atomic E-state index is -0.278. The van der Waals surface area contributed by atoms with Gasteiger partial charge in [0.05, 0.1) is 12.7 Å². The van der Waals surface area contributed by atoms with E-state index in [0.29, 0.717) is 12.0 Å². The monoisotopic (exact) mass is 295 g/mol. The number of hydrogen-bond acceptors (Lipinski definition) is 4. The van der Waals surface area contributed by atoms with Crippen LogP contribution in [0.15, 0.2) is 0 Å². The van der Waals surface area contributed by atoms with E-state index in [4.69, 9.17) is 4.74 Å². The molecule has 1 saturated carbocycles. The Balaban J connectivity index is 2.56. The maximum Gasteiger partial charge on any atom is 0.109 e. The van der Waals surface area contributed by atoms with Gasteiger partial charge in [0, 0.05) is 19.7 Å². The Morgan fingerprint density at radius 1 is 1.43 bits per heavy atom. The van der Waals surface area contributed by atoms with Gasteiger partial charge >= 0.3 is 0 Å². The summed E-state index contributed by atoms with van der Waals surface area (Å²) in [5.74, 6) is 0.484. The molecule has 0 amide bonds. The molecule has 1 N–H and O–H groups in total. The molecule has 0 aliphatic heterocycles. The highest BCUT2D eigenvalue weighted by Crippen LogP contribution is 2.37. The van der Waals surface area contributed by atoms with Crippen LogP contribution in [0.1, 0.15) is 52.9 Å². The summed E-state index contributed by atoms with van der Waals surface area (Å²) in [6.07, 6.45) is 5.55. The third-order valence-corrected chi connectivity index (χ3v) is 4.79. The lowest BCUT2D eigenvalue weighted by atomic mass is 9.85. The number of hydrogen-bond donors (Lipinski definition) is 1. The summed E-state index contributed by atoms with van der Waals surface area (Å²) in [6, 6.07) is 3.13. The van der Waals surface area contributed by atoms with Crippen molar-refractivity contribution >= 4 is 0 Å². The van der Waals surface area contributed by atoms with E-state index in [1.165, 1.54) is 12.8 Å². The third-order valence-electron chi connectivity index (χ3n) is 4.79. The lowest BCUT2D eigenvalue weighted by Gasteiger charge is -2.33. The fraction of sp³-hybridized carbons (Fsp3) is 0.941. The van der Waals surface area contributed by atoms with Crippen LogP contribution in [-0.4, -0.2) is 49.8 Å². The number of ether oxygens (including phenoxy) is 1. The molecule has 4 nitrogen and oxygen atoms in total. The second-order valence-electron chi connectivity index (χ2n) is 6.51. The lowest BCUT2D eigenvalue weighted by molar-refractivity contribution is 0.121. The predicted molar refractivity (Wildman–Crippen MR) is 87.2 cm³/mol. The zero-order valence-electron chi connectivity index (χ0n) is 14.3. The van der Waals surface area contributed by atoms with Crippen molar-refractivity contribution in [3.05, 3.63) is 0 Å². The lowest BCUT2D eigenvalue weighted by Crippen LogP contribution is -2.48. The van der Waals surface area contributed by atoms with Crippen LogP contribution in [0.25, 0.3) is 0 Å². The molecule has 4 heteroatoms. The zero-order valence-corrected chi connectivity index (χ0v) is 14.3. The van der Waals surface area contributed by atoms with Crippen LogP contribution in [0, 0.1) is 17.2 Å².